The maximum atomic E-state index is 6.16. The summed E-state index contributed by atoms with van der Waals surface area (Å²) in [5.41, 5.74) is 8.20. The van der Waals surface area contributed by atoms with E-state index in [-0.39, 0.29) is 0 Å². The predicted molar refractivity (Wildman–Crippen MR) is 83.6 cm³/mol. The number of nitrogen functional groups attached to an aromatic ring is 1. The van der Waals surface area contributed by atoms with Crippen molar-refractivity contribution in [3.63, 3.8) is 0 Å². The van der Waals surface area contributed by atoms with Gasteiger partial charge in [-0.25, -0.2) is 4.98 Å². The fourth-order valence-corrected chi connectivity index (χ4v) is 3.07. The van der Waals surface area contributed by atoms with E-state index in [9.17, 15) is 0 Å². The maximum absolute atomic E-state index is 6.16. The number of benzene rings is 2. The lowest BCUT2D eigenvalue weighted by molar-refractivity contribution is 0.854. The number of fused-ring (bicyclic) bond motifs is 1. The van der Waals surface area contributed by atoms with Crippen molar-refractivity contribution in [1.82, 2.24) is 4.98 Å². The zero-order valence-corrected chi connectivity index (χ0v) is 11.9. The van der Waals surface area contributed by atoms with Gasteiger partial charge in [-0.1, -0.05) is 56.3 Å². The molecule has 0 unspecified atom stereocenters. The van der Waals surface area contributed by atoms with Crippen LogP contribution in [0.25, 0.3) is 22.0 Å². The van der Waals surface area contributed by atoms with Crippen molar-refractivity contribution in [3.8, 4) is 11.3 Å². The molecule has 0 aliphatic carbocycles. The van der Waals surface area contributed by atoms with Crippen LogP contribution in [0.2, 0.25) is 0 Å². The lowest BCUT2D eigenvalue weighted by Gasteiger charge is -2.04. The summed E-state index contributed by atoms with van der Waals surface area (Å²) >= 11 is 1.59. The molecule has 2 nitrogen and oxygen atoms in total. The molecule has 0 saturated carbocycles. The minimum Gasteiger partial charge on any atom is -0.389 e. The average molecular weight is 268 g/mol. The molecule has 3 rings (SSSR count). The van der Waals surface area contributed by atoms with Crippen LogP contribution in [-0.4, -0.2) is 4.98 Å². The van der Waals surface area contributed by atoms with Crippen LogP contribution in [0.15, 0.2) is 42.5 Å². The largest absolute Gasteiger partial charge is 0.389 e. The summed E-state index contributed by atoms with van der Waals surface area (Å²) in [7, 11) is 0. The second kappa shape index (κ2) is 4.67. The van der Waals surface area contributed by atoms with Gasteiger partial charge in [0.2, 0.25) is 0 Å². The molecule has 0 aliphatic rings. The van der Waals surface area contributed by atoms with Crippen molar-refractivity contribution in [2.24, 2.45) is 0 Å². The third kappa shape index (κ3) is 2.10. The first-order valence-electron chi connectivity index (χ1n) is 6.41. The fraction of sp³-hybridized carbons (Fsp3) is 0.188. The zero-order valence-electron chi connectivity index (χ0n) is 11.1. The molecule has 0 fully saturated rings. The number of thiazole rings is 1. The monoisotopic (exact) mass is 268 g/mol. The van der Waals surface area contributed by atoms with Crippen LogP contribution in [0.4, 0.5) is 5.00 Å². The van der Waals surface area contributed by atoms with Gasteiger partial charge in [0.05, 0.1) is 5.01 Å². The van der Waals surface area contributed by atoms with Gasteiger partial charge in [-0.05, 0) is 10.8 Å². The molecule has 2 aromatic carbocycles. The van der Waals surface area contributed by atoms with Crippen molar-refractivity contribution in [3.05, 3.63) is 47.5 Å². The number of hydrogen-bond donors (Lipinski definition) is 1. The van der Waals surface area contributed by atoms with Crippen molar-refractivity contribution >= 4 is 27.1 Å². The van der Waals surface area contributed by atoms with E-state index in [1.54, 1.807) is 11.3 Å². The van der Waals surface area contributed by atoms with E-state index < -0.39 is 0 Å². The number of nitrogens with zero attached hydrogens (tertiary/aromatic N) is 1. The van der Waals surface area contributed by atoms with Gasteiger partial charge in [-0.15, -0.1) is 11.3 Å². The minimum absolute atomic E-state index is 0.413. The lowest BCUT2D eigenvalue weighted by Crippen LogP contribution is -1.88. The van der Waals surface area contributed by atoms with Gasteiger partial charge >= 0.3 is 0 Å². The van der Waals surface area contributed by atoms with E-state index in [1.807, 2.05) is 0 Å². The van der Waals surface area contributed by atoms with E-state index in [0.717, 1.165) is 21.3 Å². The first-order valence-corrected chi connectivity index (χ1v) is 7.23. The van der Waals surface area contributed by atoms with Gasteiger partial charge in [0, 0.05) is 11.5 Å². The second-order valence-electron chi connectivity index (χ2n) is 4.95. The van der Waals surface area contributed by atoms with E-state index in [0.29, 0.717) is 5.92 Å². The Labute approximate surface area is 116 Å². The first-order chi connectivity index (χ1) is 9.16. The smallest absolute Gasteiger partial charge is 0.114 e. The Morgan fingerprint density at radius 2 is 1.79 bits per heavy atom. The molecule has 1 aromatic heterocycles. The Bertz CT molecular complexity index is 723. The molecule has 0 spiro atoms. The second-order valence-corrected chi connectivity index (χ2v) is 6.01. The van der Waals surface area contributed by atoms with E-state index in [4.69, 9.17) is 10.7 Å². The fourth-order valence-electron chi connectivity index (χ4n) is 2.22. The first kappa shape index (κ1) is 12.2. The van der Waals surface area contributed by atoms with Crippen LogP contribution < -0.4 is 5.73 Å². The number of anilines is 1. The Morgan fingerprint density at radius 1 is 1.05 bits per heavy atom. The highest BCUT2D eigenvalue weighted by Gasteiger charge is 2.14. The van der Waals surface area contributed by atoms with Crippen molar-refractivity contribution in [2.45, 2.75) is 19.8 Å². The van der Waals surface area contributed by atoms with Gasteiger partial charge < -0.3 is 5.73 Å². The van der Waals surface area contributed by atoms with E-state index in [2.05, 4.69) is 56.3 Å². The Hall–Kier alpha value is -1.87. The molecule has 3 aromatic rings. The molecule has 0 aliphatic heterocycles. The van der Waals surface area contributed by atoms with Gasteiger partial charge in [-0.2, -0.15) is 0 Å². The highest BCUT2D eigenvalue weighted by Crippen LogP contribution is 2.36. The molecule has 3 heteroatoms. The Balaban J connectivity index is 2.24. The molecular weight excluding hydrogens is 252 g/mol. The highest BCUT2D eigenvalue weighted by molar-refractivity contribution is 7.16. The third-order valence-electron chi connectivity index (χ3n) is 3.21. The van der Waals surface area contributed by atoms with Crippen LogP contribution >= 0.6 is 11.3 Å². The van der Waals surface area contributed by atoms with Crippen molar-refractivity contribution in [2.75, 3.05) is 5.73 Å². The molecule has 96 valence electrons. The number of nitrogens with two attached hydrogens (primary N) is 1. The molecule has 0 bridgehead atoms. The molecule has 19 heavy (non-hydrogen) atoms. The topological polar surface area (TPSA) is 38.9 Å². The number of rotatable bonds is 2. The quantitative estimate of drug-likeness (QED) is 0.733. The molecule has 1 heterocycles. The van der Waals surface area contributed by atoms with E-state index in [1.165, 1.54) is 10.8 Å². The van der Waals surface area contributed by atoms with Crippen LogP contribution in [0.1, 0.15) is 24.8 Å². The molecule has 2 N–H and O–H groups in total. The number of hydrogen-bond acceptors (Lipinski definition) is 3. The Morgan fingerprint density at radius 3 is 2.53 bits per heavy atom. The normalized spacial score (nSPS) is 11.3. The predicted octanol–water partition coefficient (Wildman–Crippen LogP) is 4.67. The molecule has 0 amide bonds. The van der Waals surface area contributed by atoms with Gasteiger partial charge in [-0.3, -0.25) is 0 Å². The summed E-state index contributed by atoms with van der Waals surface area (Å²) in [5, 5.41) is 4.33. The SMILES string of the molecule is CC(C)c1nc(-c2cccc3ccccc23)c(N)s1. The van der Waals surface area contributed by atoms with Gasteiger partial charge in [0.25, 0.3) is 0 Å². The van der Waals surface area contributed by atoms with Crippen LogP contribution in [0.3, 0.4) is 0 Å². The minimum atomic E-state index is 0.413. The molecule has 0 atom stereocenters. The zero-order chi connectivity index (χ0) is 13.4. The van der Waals surface area contributed by atoms with Crippen LogP contribution in [0.5, 0.6) is 0 Å². The van der Waals surface area contributed by atoms with Gasteiger partial charge in [0.1, 0.15) is 10.7 Å². The lowest BCUT2D eigenvalue weighted by atomic mass is 10.0. The van der Waals surface area contributed by atoms with Gasteiger partial charge in [0.15, 0.2) is 0 Å². The summed E-state index contributed by atoms with van der Waals surface area (Å²) in [5.74, 6) is 0.413. The highest BCUT2D eigenvalue weighted by atomic mass is 32.1. The summed E-state index contributed by atoms with van der Waals surface area (Å²) in [6, 6.07) is 14.6. The summed E-state index contributed by atoms with van der Waals surface area (Å²) in [6.07, 6.45) is 0. The molecule has 0 radical (unpaired) electrons. The third-order valence-corrected chi connectivity index (χ3v) is 4.39. The Kier molecular flexibility index (Phi) is 2.99. The molecule has 0 saturated heterocycles. The maximum Gasteiger partial charge on any atom is 0.114 e. The average Bonchev–Trinajstić information content (AvgIpc) is 2.80. The van der Waals surface area contributed by atoms with Crippen LogP contribution in [-0.2, 0) is 0 Å². The van der Waals surface area contributed by atoms with Crippen molar-refractivity contribution < 1.29 is 0 Å². The summed E-state index contributed by atoms with van der Waals surface area (Å²) in [6.45, 7) is 4.29. The van der Waals surface area contributed by atoms with Crippen molar-refractivity contribution in [1.29, 1.82) is 0 Å². The van der Waals surface area contributed by atoms with E-state index >= 15 is 0 Å². The number of aromatic nitrogens is 1. The summed E-state index contributed by atoms with van der Waals surface area (Å²) < 4.78 is 0. The van der Waals surface area contributed by atoms with Crippen LogP contribution in [0, 0.1) is 0 Å². The summed E-state index contributed by atoms with van der Waals surface area (Å²) in [4.78, 5) is 4.72. The molecular formula is C16H16N2S. The standard InChI is InChI=1S/C16H16N2S/c1-10(2)16-18-14(15(17)19-16)13-9-5-7-11-6-3-4-8-12(11)13/h3-10H,17H2,1-2H3.